The highest BCUT2D eigenvalue weighted by atomic mass is 16.5. The number of fused-ring (bicyclic) bond motifs is 1. The van der Waals surface area contributed by atoms with Crippen molar-refractivity contribution in [3.05, 3.63) is 113 Å². The molecule has 2 aromatic carbocycles. The summed E-state index contributed by atoms with van der Waals surface area (Å²) in [5, 5.41) is 30.1. The Morgan fingerprint density at radius 1 is 0.771 bits per heavy atom. The Hall–Kier alpha value is -5.24. The molecule has 0 aliphatic rings. The Morgan fingerprint density at radius 2 is 1.33 bits per heavy atom. The number of hydrogen-bond acceptors (Lipinski definition) is 8. The minimum Gasteiger partial charge on any atom is -0.508 e. The van der Waals surface area contributed by atoms with Crippen LogP contribution in [0.15, 0.2) is 112 Å². The molecule has 8 heteroatoms. The molecule has 0 saturated heterocycles. The van der Waals surface area contributed by atoms with E-state index in [4.69, 9.17) is 13.9 Å². The minimum atomic E-state index is -0.684. The van der Waals surface area contributed by atoms with E-state index in [1.54, 1.807) is 13.8 Å². The maximum Gasteiger partial charge on any atom is 0.311 e. The number of phenols is 3. The Kier molecular flexibility index (Phi) is 15.6. The molecular weight excluding hydrogens is 608 g/mol. The number of benzene rings is 2. The van der Waals surface area contributed by atoms with Crippen LogP contribution in [0.1, 0.15) is 72.1 Å². The van der Waals surface area contributed by atoms with E-state index in [0.717, 1.165) is 38.5 Å². The van der Waals surface area contributed by atoms with Crippen LogP contribution in [-0.2, 0) is 4.79 Å². The van der Waals surface area contributed by atoms with Gasteiger partial charge in [-0.05, 0) is 77.0 Å². The van der Waals surface area contributed by atoms with Gasteiger partial charge in [-0.1, -0.05) is 79.8 Å². The fourth-order valence-electron chi connectivity index (χ4n) is 4.55. The van der Waals surface area contributed by atoms with E-state index >= 15 is 0 Å². The molecule has 0 atom stereocenters. The summed E-state index contributed by atoms with van der Waals surface area (Å²) in [5.74, 6) is -2.14. The lowest BCUT2D eigenvalue weighted by Crippen LogP contribution is -2.17. The summed E-state index contributed by atoms with van der Waals surface area (Å²) in [6.45, 7) is 5.66. The van der Waals surface area contributed by atoms with Crippen molar-refractivity contribution in [2.75, 3.05) is 0 Å². The summed E-state index contributed by atoms with van der Waals surface area (Å²) in [5.41, 5.74) is -0.508. The molecule has 0 bridgehead atoms. The zero-order valence-electron chi connectivity index (χ0n) is 27.9. The van der Waals surface area contributed by atoms with E-state index in [-0.39, 0.29) is 57.8 Å². The Balaban J connectivity index is 1.56. The summed E-state index contributed by atoms with van der Waals surface area (Å²) in [4.78, 5) is 26.6. The van der Waals surface area contributed by atoms with E-state index in [0.29, 0.717) is 6.42 Å². The van der Waals surface area contributed by atoms with Gasteiger partial charge in [0.15, 0.2) is 17.3 Å². The van der Waals surface area contributed by atoms with Gasteiger partial charge in [0.05, 0.1) is 6.10 Å². The smallest absolute Gasteiger partial charge is 0.311 e. The summed E-state index contributed by atoms with van der Waals surface area (Å²) < 4.78 is 17.3. The number of ether oxygens (including phenoxy) is 2. The lowest BCUT2D eigenvalue weighted by atomic mass is 10.1. The van der Waals surface area contributed by atoms with E-state index in [1.165, 1.54) is 30.3 Å². The van der Waals surface area contributed by atoms with E-state index < -0.39 is 17.1 Å². The molecule has 0 amide bonds. The lowest BCUT2D eigenvalue weighted by molar-refractivity contribution is -0.134. The molecule has 1 aromatic heterocycles. The predicted molar refractivity (Wildman–Crippen MR) is 192 cm³/mol. The first kappa shape index (κ1) is 37.2. The number of aromatic hydroxyl groups is 3. The van der Waals surface area contributed by atoms with Gasteiger partial charge in [-0.15, -0.1) is 0 Å². The predicted octanol–water partition coefficient (Wildman–Crippen LogP) is 9.75. The number of rotatable bonds is 18. The van der Waals surface area contributed by atoms with Crippen LogP contribution < -0.4 is 14.9 Å². The van der Waals surface area contributed by atoms with Gasteiger partial charge in [0, 0.05) is 24.1 Å². The van der Waals surface area contributed by atoms with Crippen molar-refractivity contribution in [1.82, 2.24) is 0 Å². The average molecular weight is 655 g/mol. The summed E-state index contributed by atoms with van der Waals surface area (Å²) in [7, 11) is 0. The molecule has 0 unspecified atom stereocenters. The molecule has 0 aliphatic heterocycles. The van der Waals surface area contributed by atoms with Crippen molar-refractivity contribution in [3.8, 4) is 40.1 Å². The van der Waals surface area contributed by atoms with Gasteiger partial charge >= 0.3 is 5.97 Å². The highest BCUT2D eigenvalue weighted by Crippen LogP contribution is 2.39. The van der Waals surface area contributed by atoms with Gasteiger partial charge in [0.1, 0.15) is 22.5 Å². The van der Waals surface area contributed by atoms with Crippen LogP contribution in [0.4, 0.5) is 0 Å². The topological polar surface area (TPSA) is 126 Å². The quantitative estimate of drug-likeness (QED) is 0.0703. The average Bonchev–Trinajstić information content (AvgIpc) is 3.04. The molecule has 3 rings (SSSR count). The number of carbonyl (C=O) groups excluding carboxylic acids is 1. The molecule has 8 nitrogen and oxygen atoms in total. The molecule has 3 N–H and O–H groups in total. The molecule has 3 aromatic rings. The molecule has 48 heavy (non-hydrogen) atoms. The van der Waals surface area contributed by atoms with Crippen LogP contribution in [0.5, 0.6) is 28.7 Å². The maximum atomic E-state index is 13.7. The van der Waals surface area contributed by atoms with E-state index in [2.05, 4.69) is 67.7 Å². The van der Waals surface area contributed by atoms with Crippen LogP contribution in [0.3, 0.4) is 0 Å². The third-order valence-corrected chi connectivity index (χ3v) is 6.83. The first-order valence-corrected chi connectivity index (χ1v) is 16.3. The fraction of sp³-hybridized carbons (Fsp3) is 0.300. The highest BCUT2D eigenvalue weighted by molar-refractivity contribution is 5.90. The minimum absolute atomic E-state index is 0.00371. The van der Waals surface area contributed by atoms with Crippen molar-refractivity contribution >= 4 is 16.9 Å². The summed E-state index contributed by atoms with van der Waals surface area (Å²) >= 11 is 0. The third-order valence-electron chi connectivity index (χ3n) is 6.83. The normalized spacial score (nSPS) is 12.4. The van der Waals surface area contributed by atoms with Crippen LogP contribution in [0, 0.1) is 0 Å². The second-order valence-electron chi connectivity index (χ2n) is 11.2. The maximum absolute atomic E-state index is 13.7. The molecule has 0 radical (unpaired) electrons. The van der Waals surface area contributed by atoms with Gasteiger partial charge < -0.3 is 29.2 Å². The molecule has 0 saturated carbocycles. The van der Waals surface area contributed by atoms with Crippen molar-refractivity contribution < 1.29 is 34.0 Å². The van der Waals surface area contributed by atoms with Crippen LogP contribution in [0.25, 0.3) is 22.3 Å². The van der Waals surface area contributed by atoms with Crippen molar-refractivity contribution in [3.63, 3.8) is 0 Å². The molecule has 0 aliphatic carbocycles. The highest BCUT2D eigenvalue weighted by Gasteiger charge is 2.24. The van der Waals surface area contributed by atoms with Gasteiger partial charge in [-0.2, -0.15) is 0 Å². The second kappa shape index (κ2) is 20.1. The zero-order valence-corrected chi connectivity index (χ0v) is 27.9. The second-order valence-corrected chi connectivity index (χ2v) is 11.2. The summed E-state index contributed by atoms with van der Waals surface area (Å²) in [6, 6.07) is 6.35. The third kappa shape index (κ3) is 12.2. The Labute approximate surface area is 282 Å². The molecule has 254 valence electrons. The van der Waals surface area contributed by atoms with Gasteiger partial charge in [-0.3, -0.25) is 9.59 Å². The number of allylic oxidation sites excluding steroid dienone is 12. The summed E-state index contributed by atoms with van der Waals surface area (Å²) in [6.07, 6.45) is 30.9. The Morgan fingerprint density at radius 3 is 1.88 bits per heavy atom. The van der Waals surface area contributed by atoms with Gasteiger partial charge in [-0.25, -0.2) is 0 Å². The van der Waals surface area contributed by atoms with E-state index in [9.17, 15) is 24.9 Å². The standard InChI is InChI=1S/C40H46O8/c1-4-5-6-7-8-9-10-11-12-13-14-15-16-17-18-19-20-21-22-23-36(44)48-40-38(45)37-34(46-29(2)3)27-31(41)28-35(37)47-39(40)30-24-25-32(42)33(43)26-30/h5-6,8-9,11-12,14-15,17-18,20-21,24-29,41-43H,4,7,10,13,16,19,22-23H2,1-3H3/b6-5-,9-8-,12-11-,15-14-,18-17?,21-20?. The van der Waals surface area contributed by atoms with E-state index in [1.807, 2.05) is 12.2 Å². The monoisotopic (exact) mass is 654 g/mol. The number of esters is 1. The number of carbonyl (C=O) groups is 1. The van der Waals surface area contributed by atoms with Crippen LogP contribution >= 0.6 is 0 Å². The van der Waals surface area contributed by atoms with Crippen LogP contribution in [0.2, 0.25) is 0 Å². The fourth-order valence-corrected chi connectivity index (χ4v) is 4.55. The lowest BCUT2D eigenvalue weighted by Gasteiger charge is -2.15. The largest absolute Gasteiger partial charge is 0.508 e. The SMILES string of the molecule is CC/C=C\C/C=C\C/C=C\C/C=C\CC=CCC=CCCC(=O)Oc1c(-c2ccc(O)c(O)c2)oc2cc(O)cc(OC(C)C)c2c1=O. The van der Waals surface area contributed by atoms with Crippen molar-refractivity contribution in [1.29, 1.82) is 0 Å². The van der Waals surface area contributed by atoms with Crippen LogP contribution in [-0.4, -0.2) is 27.4 Å². The number of phenolic OH excluding ortho intramolecular Hbond substituents is 3. The van der Waals surface area contributed by atoms with Crippen molar-refractivity contribution in [2.24, 2.45) is 0 Å². The Bertz CT molecular complexity index is 1730. The van der Waals surface area contributed by atoms with Crippen molar-refractivity contribution in [2.45, 2.75) is 78.2 Å². The molecule has 0 fully saturated rings. The first-order chi connectivity index (χ1) is 23.2. The molecule has 0 spiro atoms. The zero-order chi connectivity index (χ0) is 34.7. The van der Waals surface area contributed by atoms with Gasteiger partial charge in [0.2, 0.25) is 11.2 Å². The molecular formula is C40H46O8. The first-order valence-electron chi connectivity index (χ1n) is 16.3. The van der Waals surface area contributed by atoms with Gasteiger partial charge in [0.25, 0.3) is 0 Å². The molecule has 1 heterocycles. The number of hydrogen-bond donors (Lipinski definition) is 3.